The van der Waals surface area contributed by atoms with E-state index in [4.69, 9.17) is 0 Å². The Kier molecular flexibility index (Phi) is 5.68. The number of pyridine rings is 1. The van der Waals surface area contributed by atoms with E-state index in [1.165, 1.54) is 0 Å². The van der Waals surface area contributed by atoms with Crippen LogP contribution in [0.15, 0.2) is 30.5 Å². The van der Waals surface area contributed by atoms with E-state index in [0.717, 1.165) is 55.5 Å². The molecule has 2 saturated heterocycles. The zero-order valence-corrected chi connectivity index (χ0v) is 17.3. The fourth-order valence-electron chi connectivity index (χ4n) is 4.76. The van der Waals surface area contributed by atoms with Crippen molar-refractivity contribution in [2.24, 2.45) is 11.8 Å². The first-order valence-corrected chi connectivity index (χ1v) is 10.6. The number of benzene rings is 1. The van der Waals surface area contributed by atoms with E-state index in [2.05, 4.69) is 40.1 Å². The van der Waals surface area contributed by atoms with Gasteiger partial charge in [-0.3, -0.25) is 9.78 Å². The molecule has 0 bridgehead atoms. The van der Waals surface area contributed by atoms with Crippen molar-refractivity contribution < 1.29 is 4.79 Å². The van der Waals surface area contributed by atoms with Gasteiger partial charge in [-0.05, 0) is 63.2 Å². The third-order valence-corrected chi connectivity index (χ3v) is 6.57. The third-order valence-electron chi connectivity index (χ3n) is 6.57. The molecule has 0 aliphatic carbocycles. The summed E-state index contributed by atoms with van der Waals surface area (Å²) in [5.74, 6) is 0.538. The van der Waals surface area contributed by atoms with Crippen molar-refractivity contribution in [2.45, 2.75) is 32.2 Å². The number of rotatable bonds is 4. The first-order chi connectivity index (χ1) is 14.1. The Hall–Kier alpha value is -2.65. The summed E-state index contributed by atoms with van der Waals surface area (Å²) < 4.78 is 0. The molecule has 1 N–H and O–H groups in total. The maximum absolute atomic E-state index is 13.1. The molecule has 0 radical (unpaired) electrons. The van der Waals surface area contributed by atoms with Crippen molar-refractivity contribution in [2.75, 3.05) is 38.1 Å². The van der Waals surface area contributed by atoms with Crippen LogP contribution in [0.3, 0.4) is 0 Å². The number of piperidine rings is 1. The van der Waals surface area contributed by atoms with Crippen molar-refractivity contribution in [3.63, 3.8) is 0 Å². The molecule has 29 heavy (non-hydrogen) atoms. The molecule has 3 heterocycles. The summed E-state index contributed by atoms with van der Waals surface area (Å²) in [6.45, 7) is 5.83. The van der Waals surface area contributed by atoms with E-state index in [0.29, 0.717) is 24.1 Å². The minimum Gasteiger partial charge on any atom is -0.370 e. The molecule has 2 aliphatic heterocycles. The van der Waals surface area contributed by atoms with Crippen LogP contribution in [0.25, 0.3) is 10.9 Å². The van der Waals surface area contributed by atoms with Crippen molar-refractivity contribution >= 4 is 22.5 Å². The fraction of sp³-hybridized carbons (Fsp3) is 0.522. The molecule has 6 nitrogen and oxygen atoms in total. The molecule has 1 unspecified atom stereocenters. The molecule has 4 rings (SSSR count). The molecule has 6 heteroatoms. The SMILES string of the molecule is CC[C@@H]1CN(c2ccc(C#N)c3ncccc23)CC1C(=O)NC1CCN(C)CC1. The normalized spacial score (nSPS) is 23.3. The van der Waals surface area contributed by atoms with Gasteiger partial charge in [0.05, 0.1) is 17.0 Å². The molecule has 1 aromatic heterocycles. The van der Waals surface area contributed by atoms with E-state index < -0.39 is 0 Å². The fourth-order valence-corrected chi connectivity index (χ4v) is 4.76. The second-order valence-electron chi connectivity index (χ2n) is 8.41. The maximum atomic E-state index is 13.1. The molecule has 2 atom stereocenters. The van der Waals surface area contributed by atoms with Crippen LogP contribution >= 0.6 is 0 Å². The summed E-state index contributed by atoms with van der Waals surface area (Å²) in [4.78, 5) is 22.1. The van der Waals surface area contributed by atoms with E-state index in [9.17, 15) is 10.1 Å². The first kappa shape index (κ1) is 19.7. The van der Waals surface area contributed by atoms with Gasteiger partial charge in [-0.1, -0.05) is 13.3 Å². The Balaban J connectivity index is 1.53. The second kappa shape index (κ2) is 8.38. The Morgan fingerprint density at radius 2 is 2.07 bits per heavy atom. The quantitative estimate of drug-likeness (QED) is 0.868. The zero-order valence-electron chi connectivity index (χ0n) is 17.3. The summed E-state index contributed by atoms with van der Waals surface area (Å²) in [6, 6.07) is 10.3. The zero-order chi connectivity index (χ0) is 20.4. The molecule has 2 fully saturated rings. The number of anilines is 1. The van der Waals surface area contributed by atoms with Gasteiger partial charge >= 0.3 is 0 Å². The Morgan fingerprint density at radius 3 is 2.79 bits per heavy atom. The Bertz CT molecular complexity index is 929. The van der Waals surface area contributed by atoms with Gasteiger partial charge in [0.2, 0.25) is 5.91 Å². The Morgan fingerprint density at radius 1 is 1.28 bits per heavy atom. The van der Waals surface area contributed by atoms with Gasteiger partial charge in [-0.15, -0.1) is 0 Å². The minimum atomic E-state index is 0.00187. The average Bonchev–Trinajstić information content (AvgIpc) is 3.19. The standard InChI is InChI=1S/C23H29N5O/c1-3-16-14-28(15-20(16)23(29)26-18-8-11-27(2)12-9-18)21-7-6-17(13-24)22-19(21)5-4-10-25-22/h4-7,10,16,18,20H,3,8-9,11-12,14-15H2,1-2H3,(H,26,29)/t16-,20?/m1/s1. The van der Waals surface area contributed by atoms with Crippen molar-refractivity contribution in [1.82, 2.24) is 15.2 Å². The van der Waals surface area contributed by atoms with Crippen LogP contribution in [0, 0.1) is 23.2 Å². The van der Waals surface area contributed by atoms with Crippen LogP contribution in [0.5, 0.6) is 0 Å². The lowest BCUT2D eigenvalue weighted by molar-refractivity contribution is -0.126. The predicted octanol–water partition coefficient (Wildman–Crippen LogP) is 2.78. The van der Waals surface area contributed by atoms with Crippen LogP contribution in [0.1, 0.15) is 31.7 Å². The highest BCUT2D eigenvalue weighted by atomic mass is 16.2. The lowest BCUT2D eigenvalue weighted by Gasteiger charge is -2.30. The molecule has 0 spiro atoms. The monoisotopic (exact) mass is 391 g/mol. The summed E-state index contributed by atoms with van der Waals surface area (Å²) >= 11 is 0. The van der Waals surface area contributed by atoms with Gasteiger partial charge in [-0.2, -0.15) is 5.26 Å². The molecule has 1 amide bonds. The summed E-state index contributed by atoms with van der Waals surface area (Å²) in [6.07, 6.45) is 4.76. The smallest absolute Gasteiger partial charge is 0.225 e. The summed E-state index contributed by atoms with van der Waals surface area (Å²) in [7, 11) is 2.14. The van der Waals surface area contributed by atoms with Gasteiger partial charge in [0, 0.05) is 36.4 Å². The van der Waals surface area contributed by atoms with Crippen LogP contribution < -0.4 is 10.2 Å². The number of hydrogen-bond donors (Lipinski definition) is 1. The molecular formula is C23H29N5O. The highest BCUT2D eigenvalue weighted by Crippen LogP contribution is 2.35. The molecule has 1 aromatic carbocycles. The van der Waals surface area contributed by atoms with E-state index in [1.54, 1.807) is 6.20 Å². The number of nitriles is 1. The molecule has 152 valence electrons. The molecule has 2 aliphatic rings. The molecule has 2 aromatic rings. The van der Waals surface area contributed by atoms with Crippen molar-refractivity contribution in [3.05, 3.63) is 36.0 Å². The van der Waals surface area contributed by atoms with E-state index in [-0.39, 0.29) is 11.8 Å². The number of nitrogens with one attached hydrogen (secondary N) is 1. The number of hydrogen-bond acceptors (Lipinski definition) is 5. The number of aromatic nitrogens is 1. The highest BCUT2D eigenvalue weighted by molar-refractivity contribution is 5.95. The van der Waals surface area contributed by atoms with Crippen LogP contribution in [0.4, 0.5) is 5.69 Å². The van der Waals surface area contributed by atoms with Gasteiger partial charge in [0.15, 0.2) is 0 Å². The number of amides is 1. The van der Waals surface area contributed by atoms with E-state index in [1.807, 2.05) is 24.3 Å². The molecular weight excluding hydrogens is 362 g/mol. The van der Waals surface area contributed by atoms with Crippen molar-refractivity contribution in [3.8, 4) is 6.07 Å². The van der Waals surface area contributed by atoms with Crippen LogP contribution in [-0.4, -0.2) is 55.1 Å². The third kappa shape index (κ3) is 3.92. The van der Waals surface area contributed by atoms with Crippen molar-refractivity contribution in [1.29, 1.82) is 5.26 Å². The second-order valence-corrected chi connectivity index (χ2v) is 8.41. The predicted molar refractivity (Wildman–Crippen MR) is 115 cm³/mol. The number of fused-ring (bicyclic) bond motifs is 1. The van der Waals surface area contributed by atoms with Crippen LogP contribution in [0.2, 0.25) is 0 Å². The van der Waals surface area contributed by atoms with E-state index >= 15 is 0 Å². The summed E-state index contributed by atoms with van der Waals surface area (Å²) in [5.41, 5.74) is 2.40. The first-order valence-electron chi connectivity index (χ1n) is 10.6. The number of likely N-dealkylation sites (tertiary alicyclic amines) is 1. The number of nitrogens with zero attached hydrogens (tertiary/aromatic N) is 4. The average molecular weight is 392 g/mol. The van der Waals surface area contributed by atoms with Gasteiger partial charge in [0.25, 0.3) is 0 Å². The summed E-state index contributed by atoms with van der Waals surface area (Å²) in [5, 5.41) is 13.7. The topological polar surface area (TPSA) is 72.3 Å². The maximum Gasteiger partial charge on any atom is 0.225 e. The number of carbonyl (C=O) groups is 1. The minimum absolute atomic E-state index is 0.00187. The van der Waals surface area contributed by atoms with Gasteiger partial charge < -0.3 is 15.1 Å². The van der Waals surface area contributed by atoms with Crippen LogP contribution in [-0.2, 0) is 4.79 Å². The van der Waals surface area contributed by atoms with Gasteiger partial charge in [0.1, 0.15) is 6.07 Å². The lowest BCUT2D eigenvalue weighted by atomic mass is 9.92. The highest BCUT2D eigenvalue weighted by Gasteiger charge is 2.38. The van der Waals surface area contributed by atoms with Gasteiger partial charge in [-0.25, -0.2) is 0 Å². The Labute approximate surface area is 172 Å². The number of carbonyl (C=O) groups excluding carboxylic acids is 1. The lowest BCUT2D eigenvalue weighted by Crippen LogP contribution is -2.46. The largest absolute Gasteiger partial charge is 0.370 e. The molecule has 0 saturated carbocycles.